The summed E-state index contributed by atoms with van der Waals surface area (Å²) in [5.74, 6) is 0.354. The van der Waals surface area contributed by atoms with Gasteiger partial charge in [0.2, 0.25) is 0 Å². The molecule has 0 aliphatic rings. The number of urea groups is 1. The highest BCUT2D eigenvalue weighted by atomic mass is 16.3. The van der Waals surface area contributed by atoms with Gasteiger partial charge in [0.05, 0.1) is 5.69 Å². The maximum atomic E-state index is 11.1. The molecule has 0 bridgehead atoms. The van der Waals surface area contributed by atoms with Gasteiger partial charge in [0.1, 0.15) is 5.75 Å². The van der Waals surface area contributed by atoms with Crippen LogP contribution in [0.1, 0.15) is 25.3 Å². The summed E-state index contributed by atoms with van der Waals surface area (Å²) in [4.78, 5) is 11.1. The highest BCUT2D eigenvalue weighted by Gasteiger charge is 2.10. The summed E-state index contributed by atoms with van der Waals surface area (Å²) in [7, 11) is 1.53. The van der Waals surface area contributed by atoms with Crippen LogP contribution in [0.2, 0.25) is 0 Å². The number of rotatable bonds is 2. The first-order chi connectivity index (χ1) is 7.06. The van der Waals surface area contributed by atoms with Crippen LogP contribution in [-0.2, 0) is 0 Å². The highest BCUT2D eigenvalue weighted by molar-refractivity contribution is 5.90. The van der Waals surface area contributed by atoms with Crippen molar-refractivity contribution in [3.05, 3.63) is 23.8 Å². The normalized spacial score (nSPS) is 10.1. The van der Waals surface area contributed by atoms with E-state index in [4.69, 9.17) is 0 Å². The molecule has 4 heteroatoms. The number of carbonyl (C=O) groups is 1. The summed E-state index contributed by atoms with van der Waals surface area (Å²) in [6, 6.07) is 4.97. The molecule has 0 atom stereocenters. The first-order valence-electron chi connectivity index (χ1n) is 4.87. The predicted molar refractivity (Wildman–Crippen MR) is 60.3 cm³/mol. The zero-order valence-electron chi connectivity index (χ0n) is 9.16. The number of carbonyl (C=O) groups excluding carboxylic acids is 1. The van der Waals surface area contributed by atoms with E-state index < -0.39 is 0 Å². The molecule has 0 aromatic heterocycles. The van der Waals surface area contributed by atoms with Crippen LogP contribution in [0, 0.1) is 0 Å². The van der Waals surface area contributed by atoms with Gasteiger partial charge in [-0.1, -0.05) is 26.0 Å². The van der Waals surface area contributed by atoms with Crippen molar-refractivity contribution in [1.82, 2.24) is 5.32 Å². The van der Waals surface area contributed by atoms with Gasteiger partial charge in [-0.25, -0.2) is 4.79 Å². The number of hydrogen-bond acceptors (Lipinski definition) is 2. The molecule has 0 fully saturated rings. The number of para-hydroxylation sites is 1. The topological polar surface area (TPSA) is 61.4 Å². The predicted octanol–water partition coefficient (Wildman–Crippen LogP) is 2.27. The van der Waals surface area contributed by atoms with E-state index >= 15 is 0 Å². The third-order valence-corrected chi connectivity index (χ3v) is 2.16. The van der Waals surface area contributed by atoms with E-state index in [2.05, 4.69) is 10.6 Å². The van der Waals surface area contributed by atoms with Crippen LogP contribution in [0.4, 0.5) is 10.5 Å². The Morgan fingerprint density at radius 2 is 2.07 bits per heavy atom. The second-order valence-electron chi connectivity index (χ2n) is 3.60. The van der Waals surface area contributed by atoms with Crippen molar-refractivity contribution in [2.45, 2.75) is 19.8 Å². The Labute approximate surface area is 89.3 Å². The molecule has 4 nitrogen and oxygen atoms in total. The molecule has 0 radical (unpaired) electrons. The van der Waals surface area contributed by atoms with Crippen molar-refractivity contribution in [2.75, 3.05) is 12.4 Å². The average Bonchev–Trinajstić information content (AvgIpc) is 2.20. The van der Waals surface area contributed by atoms with Gasteiger partial charge in [0.25, 0.3) is 0 Å². The van der Waals surface area contributed by atoms with Crippen LogP contribution < -0.4 is 10.6 Å². The van der Waals surface area contributed by atoms with Crippen LogP contribution in [0.25, 0.3) is 0 Å². The van der Waals surface area contributed by atoms with E-state index in [1.807, 2.05) is 19.9 Å². The molecule has 1 aromatic rings. The fourth-order valence-electron chi connectivity index (χ4n) is 1.31. The Morgan fingerprint density at radius 3 is 2.60 bits per heavy atom. The third kappa shape index (κ3) is 2.62. The molecule has 1 rings (SSSR count). The number of amides is 2. The fraction of sp³-hybridized carbons (Fsp3) is 0.364. The number of aromatic hydroxyl groups is 1. The Kier molecular flexibility index (Phi) is 3.55. The standard InChI is InChI=1S/C11H16N2O2/c1-7(2)8-5-4-6-9(10(8)14)13-11(15)12-3/h4-7,14H,1-3H3,(H2,12,13,15). The van der Waals surface area contributed by atoms with E-state index in [9.17, 15) is 9.90 Å². The largest absolute Gasteiger partial charge is 0.505 e. The van der Waals surface area contributed by atoms with Gasteiger partial charge in [-0.2, -0.15) is 0 Å². The molecule has 0 unspecified atom stereocenters. The number of benzene rings is 1. The Hall–Kier alpha value is -1.71. The van der Waals surface area contributed by atoms with Gasteiger partial charge in [-0.3, -0.25) is 0 Å². The summed E-state index contributed by atoms with van der Waals surface area (Å²) >= 11 is 0. The molecule has 0 heterocycles. The maximum absolute atomic E-state index is 11.1. The quantitative estimate of drug-likeness (QED) is 0.653. The SMILES string of the molecule is CNC(=O)Nc1cccc(C(C)C)c1O. The van der Waals surface area contributed by atoms with Crippen molar-refractivity contribution in [3.8, 4) is 5.75 Å². The van der Waals surface area contributed by atoms with Crippen molar-refractivity contribution >= 4 is 11.7 Å². The van der Waals surface area contributed by atoms with Gasteiger partial charge < -0.3 is 15.7 Å². The van der Waals surface area contributed by atoms with Crippen molar-refractivity contribution in [1.29, 1.82) is 0 Å². The molecule has 3 N–H and O–H groups in total. The second kappa shape index (κ2) is 4.68. The first-order valence-corrected chi connectivity index (χ1v) is 4.87. The summed E-state index contributed by atoms with van der Waals surface area (Å²) < 4.78 is 0. The zero-order valence-corrected chi connectivity index (χ0v) is 9.16. The average molecular weight is 208 g/mol. The molecule has 0 spiro atoms. The molecular formula is C11H16N2O2. The fourth-order valence-corrected chi connectivity index (χ4v) is 1.31. The van der Waals surface area contributed by atoms with E-state index in [0.29, 0.717) is 5.69 Å². The Bertz CT molecular complexity index is 362. The molecule has 2 amide bonds. The van der Waals surface area contributed by atoms with Gasteiger partial charge in [-0.15, -0.1) is 0 Å². The number of anilines is 1. The zero-order chi connectivity index (χ0) is 11.4. The van der Waals surface area contributed by atoms with Crippen molar-refractivity contribution in [3.63, 3.8) is 0 Å². The lowest BCUT2D eigenvalue weighted by Gasteiger charge is -2.12. The van der Waals surface area contributed by atoms with E-state index in [1.165, 1.54) is 7.05 Å². The minimum absolute atomic E-state index is 0.135. The van der Waals surface area contributed by atoms with Crippen LogP contribution >= 0.6 is 0 Å². The Balaban J connectivity index is 2.99. The Morgan fingerprint density at radius 1 is 1.40 bits per heavy atom. The third-order valence-electron chi connectivity index (χ3n) is 2.16. The number of phenols is 1. The summed E-state index contributed by atoms with van der Waals surface area (Å²) in [6.45, 7) is 3.97. The van der Waals surface area contributed by atoms with Crippen molar-refractivity contribution in [2.24, 2.45) is 0 Å². The first kappa shape index (κ1) is 11.4. The number of hydrogen-bond donors (Lipinski definition) is 3. The number of phenolic OH excluding ortho intramolecular Hbond substituents is 1. The molecular weight excluding hydrogens is 192 g/mol. The molecule has 82 valence electrons. The van der Waals surface area contributed by atoms with Gasteiger partial charge in [-0.05, 0) is 17.5 Å². The van der Waals surface area contributed by atoms with Gasteiger partial charge in [0, 0.05) is 7.05 Å². The summed E-state index contributed by atoms with van der Waals surface area (Å²) in [5.41, 5.74) is 1.25. The molecule has 0 saturated heterocycles. The van der Waals surface area contributed by atoms with E-state index in [-0.39, 0.29) is 17.7 Å². The highest BCUT2D eigenvalue weighted by Crippen LogP contribution is 2.32. The van der Waals surface area contributed by atoms with E-state index in [1.54, 1.807) is 12.1 Å². The van der Waals surface area contributed by atoms with Crippen LogP contribution in [0.5, 0.6) is 5.75 Å². The minimum Gasteiger partial charge on any atom is -0.505 e. The van der Waals surface area contributed by atoms with Gasteiger partial charge >= 0.3 is 6.03 Å². The minimum atomic E-state index is -0.341. The lowest BCUT2D eigenvalue weighted by atomic mass is 10.0. The molecule has 15 heavy (non-hydrogen) atoms. The van der Waals surface area contributed by atoms with Crippen LogP contribution in [0.3, 0.4) is 0 Å². The second-order valence-corrected chi connectivity index (χ2v) is 3.60. The smallest absolute Gasteiger partial charge is 0.319 e. The number of nitrogens with one attached hydrogen (secondary N) is 2. The molecule has 0 aliphatic carbocycles. The maximum Gasteiger partial charge on any atom is 0.319 e. The van der Waals surface area contributed by atoms with E-state index in [0.717, 1.165) is 5.56 Å². The van der Waals surface area contributed by atoms with Crippen LogP contribution in [0.15, 0.2) is 18.2 Å². The van der Waals surface area contributed by atoms with Gasteiger partial charge in [0.15, 0.2) is 0 Å². The molecule has 0 saturated carbocycles. The van der Waals surface area contributed by atoms with Crippen molar-refractivity contribution < 1.29 is 9.90 Å². The monoisotopic (exact) mass is 208 g/mol. The summed E-state index contributed by atoms with van der Waals surface area (Å²) in [5, 5.41) is 14.8. The van der Waals surface area contributed by atoms with Crippen LogP contribution in [-0.4, -0.2) is 18.2 Å². The lowest BCUT2D eigenvalue weighted by molar-refractivity contribution is 0.254. The molecule has 1 aromatic carbocycles. The molecule has 0 aliphatic heterocycles. The lowest BCUT2D eigenvalue weighted by Crippen LogP contribution is -2.24. The summed E-state index contributed by atoms with van der Waals surface area (Å²) in [6.07, 6.45) is 0.